The van der Waals surface area contributed by atoms with Crippen molar-refractivity contribution in [2.75, 3.05) is 26.2 Å². The maximum atomic E-state index is 12.7. The highest BCUT2D eigenvalue weighted by atomic mass is 16.5. The number of aromatic hydroxyl groups is 1. The van der Waals surface area contributed by atoms with Gasteiger partial charge in [-0.25, -0.2) is 0 Å². The molecule has 0 bridgehead atoms. The molecule has 2 aliphatic rings. The fourth-order valence-electron chi connectivity index (χ4n) is 4.27. The van der Waals surface area contributed by atoms with Crippen LogP contribution in [0.15, 0.2) is 48.5 Å². The summed E-state index contributed by atoms with van der Waals surface area (Å²) in [6, 6.07) is 13.2. The molecular weight excluding hydrogens is 364 g/mol. The van der Waals surface area contributed by atoms with Crippen molar-refractivity contribution in [3.63, 3.8) is 0 Å². The van der Waals surface area contributed by atoms with E-state index in [0.717, 1.165) is 48.4 Å². The van der Waals surface area contributed by atoms with Crippen LogP contribution in [-0.4, -0.2) is 47.7 Å². The summed E-state index contributed by atoms with van der Waals surface area (Å²) in [5.74, 6) is 0.901. The molecule has 4 rings (SSSR count). The van der Waals surface area contributed by atoms with E-state index in [4.69, 9.17) is 4.74 Å². The lowest BCUT2D eigenvalue weighted by Crippen LogP contribution is -2.46. The Morgan fingerprint density at radius 1 is 1.10 bits per heavy atom. The van der Waals surface area contributed by atoms with E-state index >= 15 is 0 Å². The Labute approximate surface area is 172 Å². The number of nitrogens with zero attached hydrogens (tertiary/aromatic N) is 1. The lowest BCUT2D eigenvalue weighted by Gasteiger charge is -2.40. The van der Waals surface area contributed by atoms with Crippen LogP contribution in [0.4, 0.5) is 0 Å². The first-order valence-electron chi connectivity index (χ1n) is 10.4. The van der Waals surface area contributed by atoms with Crippen molar-refractivity contribution in [1.29, 1.82) is 0 Å². The van der Waals surface area contributed by atoms with Crippen molar-refractivity contribution in [1.82, 2.24) is 10.2 Å². The third kappa shape index (κ3) is 3.62. The van der Waals surface area contributed by atoms with Crippen molar-refractivity contribution < 1.29 is 14.6 Å². The van der Waals surface area contributed by atoms with Crippen LogP contribution in [0.25, 0.3) is 5.57 Å². The first-order chi connectivity index (χ1) is 14.1. The number of para-hydroxylation sites is 1. The Hall–Kier alpha value is -2.79. The SMILES string of the molecule is CCN(CC)C(=O)c1ccc(C2=CC3(CCNCC3)Oc3ccccc32)c(O)c1. The molecule has 0 aliphatic carbocycles. The summed E-state index contributed by atoms with van der Waals surface area (Å²) in [6.07, 6.45) is 3.92. The monoisotopic (exact) mass is 392 g/mol. The molecule has 2 aromatic carbocycles. The predicted octanol–water partition coefficient (Wildman–Crippen LogP) is 3.82. The van der Waals surface area contributed by atoms with Crippen LogP contribution >= 0.6 is 0 Å². The zero-order chi connectivity index (χ0) is 20.4. The fraction of sp³-hybridized carbons (Fsp3) is 0.375. The maximum Gasteiger partial charge on any atom is 0.253 e. The molecule has 2 aromatic rings. The highest BCUT2D eigenvalue weighted by Gasteiger charge is 2.37. The number of benzene rings is 2. The number of carbonyl (C=O) groups excluding carboxylic acids is 1. The van der Waals surface area contributed by atoms with Gasteiger partial charge in [-0.3, -0.25) is 4.79 Å². The molecular formula is C24H28N2O3. The molecule has 1 saturated heterocycles. The molecule has 0 atom stereocenters. The number of phenols is 1. The molecule has 1 fully saturated rings. The number of piperidine rings is 1. The second kappa shape index (κ2) is 7.91. The first-order valence-corrected chi connectivity index (χ1v) is 10.4. The Kier molecular flexibility index (Phi) is 5.33. The van der Waals surface area contributed by atoms with Gasteiger partial charge >= 0.3 is 0 Å². The molecule has 2 N–H and O–H groups in total. The molecule has 1 amide bonds. The Morgan fingerprint density at radius 3 is 2.52 bits per heavy atom. The van der Waals surface area contributed by atoms with Crippen LogP contribution in [-0.2, 0) is 0 Å². The van der Waals surface area contributed by atoms with Crippen molar-refractivity contribution >= 4 is 11.5 Å². The number of hydrogen-bond acceptors (Lipinski definition) is 4. The summed E-state index contributed by atoms with van der Waals surface area (Å²) in [5, 5.41) is 14.3. The third-order valence-electron chi connectivity index (χ3n) is 5.93. The molecule has 1 spiro atoms. The van der Waals surface area contributed by atoms with Crippen molar-refractivity contribution in [2.24, 2.45) is 0 Å². The normalized spacial score (nSPS) is 17.2. The largest absolute Gasteiger partial charge is 0.507 e. The van der Waals surface area contributed by atoms with E-state index in [1.54, 1.807) is 11.0 Å². The zero-order valence-corrected chi connectivity index (χ0v) is 17.1. The van der Waals surface area contributed by atoms with Gasteiger partial charge < -0.3 is 20.1 Å². The zero-order valence-electron chi connectivity index (χ0n) is 17.1. The third-order valence-corrected chi connectivity index (χ3v) is 5.93. The fourth-order valence-corrected chi connectivity index (χ4v) is 4.27. The topological polar surface area (TPSA) is 61.8 Å². The van der Waals surface area contributed by atoms with Gasteiger partial charge in [0.15, 0.2) is 0 Å². The summed E-state index contributed by atoms with van der Waals surface area (Å²) in [7, 11) is 0. The van der Waals surface area contributed by atoms with Gasteiger partial charge in [0, 0.05) is 42.6 Å². The number of fused-ring (bicyclic) bond motifs is 1. The lowest BCUT2D eigenvalue weighted by molar-refractivity contribution is 0.0771. The summed E-state index contributed by atoms with van der Waals surface area (Å²) in [4.78, 5) is 14.4. The van der Waals surface area contributed by atoms with Gasteiger partial charge in [0.25, 0.3) is 5.91 Å². The van der Waals surface area contributed by atoms with Gasteiger partial charge in [0.2, 0.25) is 0 Å². The van der Waals surface area contributed by atoms with Crippen molar-refractivity contribution in [3.8, 4) is 11.5 Å². The smallest absolute Gasteiger partial charge is 0.253 e. The highest BCUT2D eigenvalue weighted by Crippen LogP contribution is 2.44. The summed E-state index contributed by atoms with van der Waals surface area (Å²) >= 11 is 0. The quantitative estimate of drug-likeness (QED) is 0.830. The van der Waals surface area contributed by atoms with Gasteiger partial charge in [-0.1, -0.05) is 18.2 Å². The Morgan fingerprint density at radius 2 is 1.83 bits per heavy atom. The summed E-state index contributed by atoms with van der Waals surface area (Å²) < 4.78 is 6.42. The lowest BCUT2D eigenvalue weighted by atomic mass is 9.83. The second-order valence-electron chi connectivity index (χ2n) is 7.68. The predicted molar refractivity (Wildman–Crippen MR) is 114 cm³/mol. The molecule has 0 saturated carbocycles. The van der Waals surface area contributed by atoms with Gasteiger partial charge in [-0.2, -0.15) is 0 Å². The Balaban J connectivity index is 1.76. The van der Waals surface area contributed by atoms with E-state index in [1.165, 1.54) is 0 Å². The van der Waals surface area contributed by atoms with E-state index in [2.05, 4.69) is 11.4 Å². The van der Waals surface area contributed by atoms with E-state index in [0.29, 0.717) is 18.7 Å². The highest BCUT2D eigenvalue weighted by molar-refractivity contribution is 5.96. The number of rotatable bonds is 4. The molecule has 0 unspecified atom stereocenters. The minimum Gasteiger partial charge on any atom is -0.507 e. The molecule has 2 heterocycles. The van der Waals surface area contributed by atoms with Crippen LogP contribution in [0.1, 0.15) is 48.2 Å². The number of ether oxygens (including phenoxy) is 1. The first kappa shape index (κ1) is 19.5. The van der Waals surface area contributed by atoms with Crippen LogP contribution in [0, 0.1) is 0 Å². The van der Waals surface area contributed by atoms with E-state index in [9.17, 15) is 9.90 Å². The number of carbonyl (C=O) groups is 1. The van der Waals surface area contributed by atoms with E-state index in [-0.39, 0.29) is 17.3 Å². The average Bonchev–Trinajstić information content (AvgIpc) is 2.74. The molecule has 5 heteroatoms. The summed E-state index contributed by atoms with van der Waals surface area (Å²) in [6.45, 7) is 6.99. The van der Waals surface area contributed by atoms with Crippen LogP contribution in [0.5, 0.6) is 11.5 Å². The minimum atomic E-state index is -0.364. The average molecular weight is 392 g/mol. The van der Waals surface area contributed by atoms with Crippen LogP contribution in [0.2, 0.25) is 0 Å². The molecule has 29 heavy (non-hydrogen) atoms. The number of hydrogen-bond donors (Lipinski definition) is 2. The molecule has 0 aromatic heterocycles. The minimum absolute atomic E-state index is 0.0620. The standard InChI is InChI=1S/C24H28N2O3/c1-3-26(4-2)23(28)17-9-10-18(21(27)15-17)20-16-24(11-13-25-14-12-24)29-22-8-6-5-7-19(20)22/h5-10,15-16,25,27H,3-4,11-14H2,1-2H3. The second-order valence-corrected chi connectivity index (χ2v) is 7.68. The van der Waals surface area contributed by atoms with Gasteiger partial charge in [-0.05, 0) is 62.9 Å². The molecule has 152 valence electrons. The maximum absolute atomic E-state index is 12.7. The number of nitrogens with one attached hydrogen (secondary N) is 1. The molecule has 2 aliphatic heterocycles. The Bertz CT molecular complexity index is 941. The van der Waals surface area contributed by atoms with Gasteiger partial charge in [-0.15, -0.1) is 0 Å². The van der Waals surface area contributed by atoms with Gasteiger partial charge in [0.05, 0.1) is 0 Å². The van der Waals surface area contributed by atoms with Crippen molar-refractivity contribution in [3.05, 3.63) is 65.2 Å². The van der Waals surface area contributed by atoms with E-state index in [1.807, 2.05) is 50.2 Å². The molecule has 5 nitrogen and oxygen atoms in total. The summed E-state index contributed by atoms with van der Waals surface area (Å²) in [5.41, 5.74) is 2.81. The van der Waals surface area contributed by atoms with Crippen LogP contribution < -0.4 is 10.1 Å². The molecule has 0 radical (unpaired) electrons. The van der Waals surface area contributed by atoms with Crippen molar-refractivity contribution in [2.45, 2.75) is 32.3 Å². The number of amides is 1. The van der Waals surface area contributed by atoms with Gasteiger partial charge in [0.1, 0.15) is 17.1 Å². The number of phenolic OH excluding ortho intramolecular Hbond substituents is 1. The van der Waals surface area contributed by atoms with Crippen LogP contribution in [0.3, 0.4) is 0 Å². The van der Waals surface area contributed by atoms with E-state index < -0.39 is 0 Å².